The quantitative estimate of drug-likeness (QED) is 0.742. The number of nitrogens with zero attached hydrogens (tertiary/aromatic N) is 2. The van der Waals surface area contributed by atoms with Gasteiger partial charge in [0, 0.05) is 30.7 Å². The van der Waals surface area contributed by atoms with Gasteiger partial charge in [-0.2, -0.15) is 0 Å². The number of hydrogen-bond acceptors (Lipinski definition) is 3. The minimum Gasteiger partial charge on any atom is -0.497 e. The number of amides is 1. The van der Waals surface area contributed by atoms with Crippen molar-refractivity contribution in [2.75, 3.05) is 20.7 Å². The molecule has 1 amide bonds. The van der Waals surface area contributed by atoms with Gasteiger partial charge in [0.15, 0.2) is 0 Å². The molecule has 1 N–H and O–H groups in total. The van der Waals surface area contributed by atoms with Crippen LogP contribution in [0.1, 0.15) is 22.0 Å². The molecule has 0 spiro atoms. The van der Waals surface area contributed by atoms with Crippen molar-refractivity contribution in [2.45, 2.75) is 6.10 Å². The molecule has 0 aliphatic carbocycles. The Bertz CT molecular complexity index is 840. The van der Waals surface area contributed by atoms with E-state index in [2.05, 4.69) is 0 Å². The van der Waals surface area contributed by atoms with E-state index in [-0.39, 0.29) is 12.5 Å². The molecule has 134 valence electrons. The van der Waals surface area contributed by atoms with E-state index in [0.717, 1.165) is 17.0 Å². The minimum absolute atomic E-state index is 0.128. The minimum atomic E-state index is -0.756. The van der Waals surface area contributed by atoms with Gasteiger partial charge < -0.3 is 19.3 Å². The van der Waals surface area contributed by atoms with Crippen LogP contribution in [-0.4, -0.2) is 41.2 Å². The van der Waals surface area contributed by atoms with Crippen LogP contribution in [0.15, 0.2) is 73.1 Å². The largest absolute Gasteiger partial charge is 0.497 e. The zero-order chi connectivity index (χ0) is 18.5. The van der Waals surface area contributed by atoms with Gasteiger partial charge in [-0.05, 0) is 54.1 Å². The number of carbonyl (C=O) groups is 1. The fraction of sp³-hybridized carbons (Fsp3) is 0.190. The highest BCUT2D eigenvalue weighted by molar-refractivity contribution is 5.94. The first kappa shape index (κ1) is 17.8. The maximum absolute atomic E-state index is 12.6. The topological polar surface area (TPSA) is 54.7 Å². The van der Waals surface area contributed by atoms with Crippen LogP contribution in [0.5, 0.6) is 5.75 Å². The molecule has 3 aromatic rings. The molecule has 0 aliphatic rings. The Balaban J connectivity index is 1.65. The Morgan fingerprint density at radius 3 is 2.27 bits per heavy atom. The highest BCUT2D eigenvalue weighted by atomic mass is 16.5. The predicted octanol–water partition coefficient (Wildman–Crippen LogP) is 3.29. The average Bonchev–Trinajstić information content (AvgIpc) is 3.22. The van der Waals surface area contributed by atoms with Crippen LogP contribution in [-0.2, 0) is 0 Å². The zero-order valence-electron chi connectivity index (χ0n) is 14.9. The van der Waals surface area contributed by atoms with Gasteiger partial charge in [-0.15, -0.1) is 0 Å². The molecule has 1 unspecified atom stereocenters. The Kier molecular flexibility index (Phi) is 5.39. The molecule has 2 aromatic carbocycles. The fourth-order valence-corrected chi connectivity index (χ4v) is 2.78. The van der Waals surface area contributed by atoms with Crippen molar-refractivity contribution >= 4 is 5.91 Å². The maximum Gasteiger partial charge on any atom is 0.253 e. The molecule has 5 heteroatoms. The van der Waals surface area contributed by atoms with Crippen LogP contribution in [0.3, 0.4) is 0 Å². The number of methoxy groups -OCH3 is 1. The second kappa shape index (κ2) is 7.89. The Morgan fingerprint density at radius 1 is 1.08 bits per heavy atom. The van der Waals surface area contributed by atoms with Crippen LogP contribution in [0, 0.1) is 0 Å². The Labute approximate surface area is 153 Å². The summed E-state index contributed by atoms with van der Waals surface area (Å²) in [5.41, 5.74) is 2.33. The summed E-state index contributed by atoms with van der Waals surface area (Å²) < 4.78 is 7.09. The van der Waals surface area contributed by atoms with E-state index in [4.69, 9.17) is 4.74 Å². The lowest BCUT2D eigenvalue weighted by Gasteiger charge is -2.21. The normalized spacial score (nSPS) is 11.8. The van der Waals surface area contributed by atoms with Crippen LogP contribution in [0.25, 0.3) is 5.69 Å². The second-order valence-corrected chi connectivity index (χ2v) is 6.11. The average molecular weight is 350 g/mol. The van der Waals surface area contributed by atoms with Gasteiger partial charge in [0.2, 0.25) is 0 Å². The third kappa shape index (κ3) is 3.95. The van der Waals surface area contributed by atoms with E-state index in [9.17, 15) is 9.90 Å². The van der Waals surface area contributed by atoms with Gasteiger partial charge >= 0.3 is 0 Å². The number of carbonyl (C=O) groups excluding carboxylic acids is 1. The van der Waals surface area contributed by atoms with Crippen LogP contribution in [0.2, 0.25) is 0 Å². The van der Waals surface area contributed by atoms with Gasteiger partial charge in [-0.3, -0.25) is 4.79 Å². The van der Waals surface area contributed by atoms with Crippen molar-refractivity contribution in [1.29, 1.82) is 0 Å². The summed E-state index contributed by atoms with van der Waals surface area (Å²) in [5, 5.41) is 10.4. The molecule has 0 bridgehead atoms. The lowest BCUT2D eigenvalue weighted by atomic mass is 10.1. The van der Waals surface area contributed by atoms with E-state index >= 15 is 0 Å². The molecule has 0 saturated heterocycles. The van der Waals surface area contributed by atoms with Crippen LogP contribution < -0.4 is 4.74 Å². The van der Waals surface area contributed by atoms with Crippen molar-refractivity contribution in [3.63, 3.8) is 0 Å². The highest BCUT2D eigenvalue weighted by Gasteiger charge is 2.17. The lowest BCUT2D eigenvalue weighted by Crippen LogP contribution is -2.31. The molecule has 5 nitrogen and oxygen atoms in total. The Hall–Kier alpha value is -3.05. The van der Waals surface area contributed by atoms with Gasteiger partial charge in [-0.25, -0.2) is 0 Å². The lowest BCUT2D eigenvalue weighted by molar-refractivity contribution is 0.0681. The number of aromatic nitrogens is 1. The van der Waals surface area contributed by atoms with Gasteiger partial charge in [0.25, 0.3) is 5.91 Å². The third-order valence-electron chi connectivity index (χ3n) is 4.31. The van der Waals surface area contributed by atoms with Gasteiger partial charge in [0.05, 0.1) is 19.8 Å². The van der Waals surface area contributed by atoms with E-state index in [1.165, 1.54) is 4.90 Å². The molecule has 0 aliphatic heterocycles. The predicted molar refractivity (Wildman–Crippen MR) is 101 cm³/mol. The number of hydrogen-bond donors (Lipinski definition) is 1. The summed E-state index contributed by atoms with van der Waals surface area (Å²) >= 11 is 0. The molecule has 1 aromatic heterocycles. The SMILES string of the molecule is COc1ccc(C(O)CN(C)C(=O)c2ccc(-n3cccc3)cc2)cc1. The summed E-state index contributed by atoms with van der Waals surface area (Å²) in [6.07, 6.45) is 3.15. The molecule has 0 saturated carbocycles. The number of aliphatic hydroxyl groups is 1. The summed E-state index contributed by atoms with van der Waals surface area (Å²) in [6, 6.07) is 18.5. The van der Waals surface area contributed by atoms with Crippen molar-refractivity contribution in [1.82, 2.24) is 9.47 Å². The van der Waals surface area contributed by atoms with E-state index < -0.39 is 6.10 Å². The number of benzene rings is 2. The number of likely N-dealkylation sites (N-methyl/N-ethyl adjacent to an activating group) is 1. The summed E-state index contributed by atoms with van der Waals surface area (Å²) in [4.78, 5) is 14.1. The number of ether oxygens (including phenoxy) is 1. The van der Waals surface area contributed by atoms with Gasteiger partial charge in [0.1, 0.15) is 5.75 Å². The van der Waals surface area contributed by atoms with Crippen molar-refractivity contribution in [2.24, 2.45) is 0 Å². The number of rotatable bonds is 6. The summed E-state index contributed by atoms with van der Waals surface area (Å²) in [5.74, 6) is 0.602. The van der Waals surface area contributed by atoms with Crippen LogP contribution in [0.4, 0.5) is 0 Å². The van der Waals surface area contributed by atoms with Crippen molar-refractivity contribution in [3.05, 3.63) is 84.2 Å². The first-order valence-electron chi connectivity index (χ1n) is 8.39. The molecule has 3 rings (SSSR count). The number of aliphatic hydroxyl groups excluding tert-OH is 1. The van der Waals surface area contributed by atoms with Crippen molar-refractivity contribution < 1.29 is 14.6 Å². The zero-order valence-corrected chi connectivity index (χ0v) is 14.9. The molecule has 26 heavy (non-hydrogen) atoms. The molecule has 1 atom stereocenters. The molecular weight excluding hydrogens is 328 g/mol. The van der Waals surface area contributed by atoms with Crippen LogP contribution >= 0.6 is 0 Å². The molecule has 0 radical (unpaired) electrons. The Morgan fingerprint density at radius 2 is 1.69 bits per heavy atom. The van der Waals surface area contributed by atoms with Gasteiger partial charge in [-0.1, -0.05) is 12.1 Å². The first-order valence-corrected chi connectivity index (χ1v) is 8.39. The van der Waals surface area contributed by atoms with E-state index in [1.807, 2.05) is 41.2 Å². The smallest absolute Gasteiger partial charge is 0.253 e. The first-order chi connectivity index (χ1) is 12.6. The molecule has 0 fully saturated rings. The third-order valence-corrected chi connectivity index (χ3v) is 4.31. The molecular formula is C21H22N2O3. The van der Waals surface area contributed by atoms with E-state index in [1.54, 1.807) is 50.6 Å². The monoisotopic (exact) mass is 350 g/mol. The fourth-order valence-electron chi connectivity index (χ4n) is 2.78. The standard InChI is InChI=1S/C21H22N2O3/c1-22(15-20(24)16-7-11-19(26-2)12-8-16)21(25)17-5-9-18(10-6-17)23-13-3-4-14-23/h3-14,20,24H,15H2,1-2H3. The second-order valence-electron chi connectivity index (χ2n) is 6.11. The summed E-state index contributed by atoms with van der Waals surface area (Å²) in [7, 11) is 3.29. The van der Waals surface area contributed by atoms with E-state index in [0.29, 0.717) is 5.56 Å². The maximum atomic E-state index is 12.6. The summed E-state index contributed by atoms with van der Waals surface area (Å²) in [6.45, 7) is 0.213. The van der Waals surface area contributed by atoms with Crippen molar-refractivity contribution in [3.8, 4) is 11.4 Å². The molecule has 1 heterocycles. The highest BCUT2D eigenvalue weighted by Crippen LogP contribution is 2.19.